The maximum Gasteiger partial charge on any atom is 0.0931 e. The summed E-state index contributed by atoms with van der Waals surface area (Å²) in [6.45, 7) is 10.4. The first-order valence-corrected chi connectivity index (χ1v) is 8.48. The molecule has 0 aliphatic carbocycles. The largest absolute Gasteiger partial charge is 0.313 e. The number of nitrogens with one attached hydrogen (secondary N) is 1. The van der Waals surface area contributed by atoms with Crippen molar-refractivity contribution < 1.29 is 0 Å². The highest BCUT2D eigenvalue weighted by atomic mass is 35.5. The van der Waals surface area contributed by atoms with Crippen LogP contribution in [-0.4, -0.2) is 30.6 Å². The quantitative estimate of drug-likeness (QED) is 0.897. The lowest BCUT2D eigenvalue weighted by molar-refractivity contribution is 0.201. The summed E-state index contributed by atoms with van der Waals surface area (Å²) in [5, 5.41) is 3.69. The molecule has 1 aromatic rings. The number of rotatable bonds is 4. The van der Waals surface area contributed by atoms with Crippen molar-refractivity contribution in [1.82, 2.24) is 10.2 Å². The Kier molecular flexibility index (Phi) is 5.70. The highest BCUT2D eigenvalue weighted by Crippen LogP contribution is 2.31. The highest BCUT2D eigenvalue weighted by Gasteiger charge is 2.23. The molecule has 1 aromatic heterocycles. The fraction of sp³-hybridized carbons (Fsp3) is 0.733. The average molecular weight is 301 g/mol. The smallest absolute Gasteiger partial charge is 0.0931 e. The zero-order chi connectivity index (χ0) is 13.8. The summed E-state index contributed by atoms with van der Waals surface area (Å²) in [6.07, 6.45) is 2.49. The van der Waals surface area contributed by atoms with Crippen molar-refractivity contribution in [2.24, 2.45) is 5.92 Å². The zero-order valence-electron chi connectivity index (χ0n) is 12.2. The Labute approximate surface area is 126 Å². The van der Waals surface area contributed by atoms with Gasteiger partial charge in [0.15, 0.2) is 0 Å². The molecule has 1 aliphatic heterocycles. The number of hydrogen-bond acceptors (Lipinski definition) is 3. The molecule has 0 spiro atoms. The molecule has 4 heteroatoms. The second-order valence-electron chi connectivity index (χ2n) is 5.95. The van der Waals surface area contributed by atoms with Gasteiger partial charge in [-0.15, -0.1) is 11.3 Å². The van der Waals surface area contributed by atoms with Crippen molar-refractivity contribution in [1.29, 1.82) is 0 Å². The topological polar surface area (TPSA) is 15.3 Å². The van der Waals surface area contributed by atoms with E-state index in [1.807, 2.05) is 6.07 Å². The monoisotopic (exact) mass is 300 g/mol. The first-order chi connectivity index (χ1) is 9.06. The van der Waals surface area contributed by atoms with Gasteiger partial charge in [-0.05, 0) is 44.4 Å². The fourth-order valence-corrected chi connectivity index (χ4v) is 3.99. The molecule has 0 amide bonds. The van der Waals surface area contributed by atoms with Crippen LogP contribution < -0.4 is 5.32 Å². The predicted octanol–water partition coefficient (Wildman–Crippen LogP) is 4.17. The Balaban J connectivity index is 2.01. The van der Waals surface area contributed by atoms with Crippen LogP contribution in [0.2, 0.25) is 4.34 Å². The van der Waals surface area contributed by atoms with Gasteiger partial charge < -0.3 is 5.32 Å². The van der Waals surface area contributed by atoms with Gasteiger partial charge in [0, 0.05) is 30.1 Å². The second-order valence-corrected chi connectivity index (χ2v) is 7.69. The molecule has 2 atom stereocenters. The molecule has 2 nitrogen and oxygen atoms in total. The molecule has 2 heterocycles. The summed E-state index contributed by atoms with van der Waals surface area (Å²) in [4.78, 5) is 3.99. The van der Waals surface area contributed by atoms with Crippen LogP contribution in [0.15, 0.2) is 12.1 Å². The number of hydrogen-bond donors (Lipinski definition) is 1. The van der Waals surface area contributed by atoms with E-state index in [1.54, 1.807) is 11.3 Å². The van der Waals surface area contributed by atoms with Crippen LogP contribution in [0.1, 0.15) is 44.5 Å². The molecular formula is C15H25ClN2S. The van der Waals surface area contributed by atoms with Crippen LogP contribution >= 0.6 is 22.9 Å². The molecule has 1 aliphatic rings. The lowest BCUT2D eigenvalue weighted by Gasteiger charge is -2.30. The Hall–Kier alpha value is -0.0900. The van der Waals surface area contributed by atoms with Crippen LogP contribution in [0.3, 0.4) is 0 Å². The van der Waals surface area contributed by atoms with Crippen LogP contribution in [0.25, 0.3) is 0 Å². The first-order valence-electron chi connectivity index (χ1n) is 7.29. The van der Waals surface area contributed by atoms with E-state index >= 15 is 0 Å². The Bertz CT molecular complexity index is 391. The SMILES string of the molecule is CC(C)CC1CN(C(C)c2ccc(Cl)s2)CCCN1. The standard InChI is InChI=1S/C15H25ClN2S/c1-11(2)9-13-10-18(8-4-7-17-13)12(3)14-5-6-15(16)19-14/h5-6,11-13,17H,4,7-10H2,1-3H3. The molecule has 0 bridgehead atoms. The minimum Gasteiger partial charge on any atom is -0.313 e. The zero-order valence-corrected chi connectivity index (χ0v) is 13.7. The maximum absolute atomic E-state index is 6.06. The van der Waals surface area contributed by atoms with Crippen LogP contribution in [-0.2, 0) is 0 Å². The van der Waals surface area contributed by atoms with Gasteiger partial charge in [-0.1, -0.05) is 25.4 Å². The van der Waals surface area contributed by atoms with E-state index in [2.05, 4.69) is 37.1 Å². The Morgan fingerprint density at radius 2 is 2.21 bits per heavy atom. The molecule has 19 heavy (non-hydrogen) atoms. The number of nitrogens with zero attached hydrogens (tertiary/aromatic N) is 1. The van der Waals surface area contributed by atoms with Crippen LogP contribution in [0.5, 0.6) is 0 Å². The van der Waals surface area contributed by atoms with E-state index in [9.17, 15) is 0 Å². The summed E-state index contributed by atoms with van der Waals surface area (Å²) in [5.74, 6) is 0.754. The third kappa shape index (κ3) is 4.45. The third-order valence-electron chi connectivity index (χ3n) is 3.82. The van der Waals surface area contributed by atoms with E-state index in [-0.39, 0.29) is 0 Å². The Morgan fingerprint density at radius 1 is 1.42 bits per heavy atom. The van der Waals surface area contributed by atoms with Crippen molar-refractivity contribution in [3.05, 3.63) is 21.3 Å². The van der Waals surface area contributed by atoms with Gasteiger partial charge in [0.05, 0.1) is 4.34 Å². The summed E-state index contributed by atoms with van der Waals surface area (Å²) in [5.41, 5.74) is 0. The lowest BCUT2D eigenvalue weighted by Crippen LogP contribution is -2.39. The molecule has 0 saturated carbocycles. The molecule has 0 radical (unpaired) electrons. The fourth-order valence-electron chi connectivity index (χ4n) is 2.84. The minimum absolute atomic E-state index is 0.479. The lowest BCUT2D eigenvalue weighted by atomic mass is 10.0. The van der Waals surface area contributed by atoms with Crippen molar-refractivity contribution >= 4 is 22.9 Å². The maximum atomic E-state index is 6.06. The molecule has 0 aromatic carbocycles. The normalized spacial score (nSPS) is 23.5. The molecule has 1 saturated heterocycles. The van der Waals surface area contributed by atoms with E-state index in [4.69, 9.17) is 11.6 Å². The van der Waals surface area contributed by atoms with Crippen LogP contribution in [0, 0.1) is 5.92 Å². The molecule has 2 rings (SSSR count). The van der Waals surface area contributed by atoms with Gasteiger partial charge in [0.25, 0.3) is 0 Å². The second kappa shape index (κ2) is 7.07. The van der Waals surface area contributed by atoms with E-state index in [1.165, 1.54) is 24.3 Å². The predicted molar refractivity (Wildman–Crippen MR) is 85.2 cm³/mol. The van der Waals surface area contributed by atoms with E-state index in [0.717, 1.165) is 23.3 Å². The van der Waals surface area contributed by atoms with Gasteiger partial charge in [-0.2, -0.15) is 0 Å². The van der Waals surface area contributed by atoms with Gasteiger partial charge in [0.2, 0.25) is 0 Å². The molecule has 108 valence electrons. The molecule has 1 N–H and O–H groups in total. The third-order valence-corrected chi connectivity index (χ3v) is 5.22. The van der Waals surface area contributed by atoms with Gasteiger partial charge >= 0.3 is 0 Å². The van der Waals surface area contributed by atoms with Crippen molar-refractivity contribution in [2.75, 3.05) is 19.6 Å². The summed E-state index contributed by atoms with van der Waals surface area (Å²) >= 11 is 7.78. The van der Waals surface area contributed by atoms with Crippen molar-refractivity contribution in [3.63, 3.8) is 0 Å². The Morgan fingerprint density at radius 3 is 2.84 bits per heavy atom. The molecule has 2 unspecified atom stereocenters. The number of thiophene rings is 1. The van der Waals surface area contributed by atoms with E-state index in [0.29, 0.717) is 12.1 Å². The summed E-state index contributed by atoms with van der Waals surface area (Å²) in [7, 11) is 0. The molecule has 1 fully saturated rings. The van der Waals surface area contributed by atoms with Crippen molar-refractivity contribution in [2.45, 2.75) is 45.7 Å². The average Bonchev–Trinajstić information content (AvgIpc) is 2.64. The summed E-state index contributed by atoms with van der Waals surface area (Å²) < 4.78 is 0.897. The summed E-state index contributed by atoms with van der Waals surface area (Å²) in [6, 6.07) is 5.29. The highest BCUT2D eigenvalue weighted by molar-refractivity contribution is 7.16. The van der Waals surface area contributed by atoms with Gasteiger partial charge in [0.1, 0.15) is 0 Å². The minimum atomic E-state index is 0.479. The number of halogens is 1. The van der Waals surface area contributed by atoms with Crippen molar-refractivity contribution in [3.8, 4) is 0 Å². The van der Waals surface area contributed by atoms with Gasteiger partial charge in [-0.25, -0.2) is 0 Å². The van der Waals surface area contributed by atoms with Gasteiger partial charge in [-0.3, -0.25) is 4.90 Å². The van der Waals surface area contributed by atoms with E-state index < -0.39 is 0 Å². The van der Waals surface area contributed by atoms with Crippen LogP contribution in [0.4, 0.5) is 0 Å². The first kappa shape index (κ1) is 15.3. The molecular weight excluding hydrogens is 276 g/mol.